The van der Waals surface area contributed by atoms with Gasteiger partial charge in [0.2, 0.25) is 11.8 Å². The number of para-hydroxylation sites is 2. The number of aromatic nitrogens is 2. The second-order valence-electron chi connectivity index (χ2n) is 8.21. The largest absolute Gasteiger partial charge is 0.352 e. The minimum Gasteiger partial charge on any atom is -0.352 e. The summed E-state index contributed by atoms with van der Waals surface area (Å²) in [5, 5.41) is 6.19. The maximum absolute atomic E-state index is 13.3. The van der Waals surface area contributed by atoms with Gasteiger partial charge in [-0.3, -0.25) is 19.0 Å². The second kappa shape index (κ2) is 11.0. The third-order valence-corrected chi connectivity index (χ3v) is 5.85. The molecule has 8 heteroatoms. The highest BCUT2D eigenvalue weighted by atomic mass is 35.5. The van der Waals surface area contributed by atoms with Crippen LogP contribution in [0.5, 0.6) is 0 Å². The van der Waals surface area contributed by atoms with Crippen LogP contribution in [-0.2, 0) is 29.1 Å². The number of benzene rings is 3. The molecule has 3 aromatic carbocycles. The zero-order chi connectivity index (χ0) is 24.8. The number of anilines is 1. The molecule has 2 amide bonds. The van der Waals surface area contributed by atoms with Crippen LogP contribution >= 0.6 is 11.6 Å². The Bertz CT molecular complexity index is 1430. The van der Waals surface area contributed by atoms with Gasteiger partial charge in [0.25, 0.3) is 5.56 Å². The van der Waals surface area contributed by atoms with Crippen molar-refractivity contribution in [2.24, 2.45) is 0 Å². The molecule has 0 bridgehead atoms. The lowest BCUT2D eigenvalue weighted by molar-refractivity contribution is -0.121. The maximum atomic E-state index is 13.3. The summed E-state index contributed by atoms with van der Waals surface area (Å²) in [5.74, 6) is -0.538. The molecule has 0 atom stereocenters. The Morgan fingerprint density at radius 2 is 1.71 bits per heavy atom. The van der Waals surface area contributed by atoms with Crippen LogP contribution in [-0.4, -0.2) is 21.4 Å². The van der Waals surface area contributed by atoms with E-state index in [0.29, 0.717) is 28.3 Å². The molecule has 0 spiro atoms. The summed E-state index contributed by atoms with van der Waals surface area (Å²) in [6.07, 6.45) is 0.278. The van der Waals surface area contributed by atoms with Gasteiger partial charge in [0.05, 0.1) is 11.0 Å². The summed E-state index contributed by atoms with van der Waals surface area (Å²) in [4.78, 5) is 42.9. The van der Waals surface area contributed by atoms with E-state index in [1.807, 2.05) is 49.4 Å². The number of hydrogen-bond donors (Lipinski definition) is 2. The van der Waals surface area contributed by atoms with Crippen LogP contribution < -0.4 is 16.2 Å². The summed E-state index contributed by atoms with van der Waals surface area (Å²) >= 11 is 6.05. The number of nitrogens with zero attached hydrogens (tertiary/aromatic N) is 2. The third-order valence-electron chi connectivity index (χ3n) is 5.62. The fourth-order valence-electron chi connectivity index (χ4n) is 3.74. The first-order chi connectivity index (χ1) is 16.9. The molecule has 0 unspecified atom stereocenters. The number of amides is 2. The van der Waals surface area contributed by atoms with Gasteiger partial charge in [0, 0.05) is 30.1 Å². The Hall–Kier alpha value is -3.97. The highest BCUT2D eigenvalue weighted by Crippen LogP contribution is 2.20. The average molecular weight is 489 g/mol. The fourth-order valence-corrected chi connectivity index (χ4v) is 3.92. The van der Waals surface area contributed by atoms with E-state index in [-0.39, 0.29) is 36.9 Å². The SMILES string of the molecule is Cc1ccc(Cl)cc1NC(=O)Cn1c(=O)c(CCC(=O)NCc2ccccc2)nc2ccccc21. The number of rotatable bonds is 8. The molecule has 1 heterocycles. The van der Waals surface area contributed by atoms with E-state index in [1.165, 1.54) is 4.57 Å². The van der Waals surface area contributed by atoms with E-state index < -0.39 is 5.56 Å². The summed E-state index contributed by atoms with van der Waals surface area (Å²) in [7, 11) is 0. The number of halogens is 1. The lowest BCUT2D eigenvalue weighted by Crippen LogP contribution is -2.32. The molecular formula is C27H25ClN4O3. The van der Waals surface area contributed by atoms with Crippen LogP contribution in [0.4, 0.5) is 5.69 Å². The normalized spacial score (nSPS) is 10.8. The fraction of sp³-hybridized carbons (Fsp3) is 0.185. The number of aryl methyl sites for hydroxylation is 2. The van der Waals surface area contributed by atoms with Crippen LogP contribution in [0.25, 0.3) is 11.0 Å². The zero-order valence-corrected chi connectivity index (χ0v) is 20.0. The Kier molecular flexibility index (Phi) is 7.57. The van der Waals surface area contributed by atoms with Crippen molar-refractivity contribution in [1.29, 1.82) is 0 Å². The number of carbonyl (C=O) groups excluding carboxylic acids is 2. The molecule has 0 aliphatic carbocycles. The average Bonchev–Trinajstić information content (AvgIpc) is 2.86. The molecule has 1 aromatic heterocycles. The van der Waals surface area contributed by atoms with Gasteiger partial charge < -0.3 is 10.6 Å². The van der Waals surface area contributed by atoms with Crippen LogP contribution in [0.2, 0.25) is 5.02 Å². The summed E-state index contributed by atoms with van der Waals surface area (Å²) < 4.78 is 1.40. The molecular weight excluding hydrogens is 464 g/mol. The van der Waals surface area contributed by atoms with Crippen molar-refractivity contribution >= 4 is 40.1 Å². The topological polar surface area (TPSA) is 93.1 Å². The quantitative estimate of drug-likeness (QED) is 0.388. The number of nitrogens with one attached hydrogen (secondary N) is 2. The van der Waals surface area contributed by atoms with Crippen LogP contribution in [0, 0.1) is 6.92 Å². The van der Waals surface area contributed by atoms with Crippen molar-refractivity contribution in [2.45, 2.75) is 32.9 Å². The molecule has 7 nitrogen and oxygen atoms in total. The first-order valence-corrected chi connectivity index (χ1v) is 11.6. The van der Waals surface area contributed by atoms with Gasteiger partial charge in [-0.2, -0.15) is 0 Å². The Labute approximate surface area is 207 Å². The molecule has 2 N–H and O–H groups in total. The first-order valence-electron chi connectivity index (χ1n) is 11.3. The van der Waals surface area contributed by atoms with Gasteiger partial charge in [-0.15, -0.1) is 0 Å². The van der Waals surface area contributed by atoms with E-state index in [2.05, 4.69) is 15.6 Å². The molecule has 0 aliphatic rings. The highest BCUT2D eigenvalue weighted by Gasteiger charge is 2.15. The highest BCUT2D eigenvalue weighted by molar-refractivity contribution is 6.31. The minimum absolute atomic E-state index is 0.112. The van der Waals surface area contributed by atoms with Crippen molar-refractivity contribution in [1.82, 2.24) is 14.9 Å². The van der Waals surface area contributed by atoms with Crippen molar-refractivity contribution in [3.05, 3.63) is 105 Å². The van der Waals surface area contributed by atoms with Crippen molar-refractivity contribution in [2.75, 3.05) is 5.32 Å². The van der Waals surface area contributed by atoms with Crippen molar-refractivity contribution < 1.29 is 9.59 Å². The number of fused-ring (bicyclic) bond motifs is 1. The molecule has 0 saturated heterocycles. The molecule has 4 rings (SSSR count). The van der Waals surface area contributed by atoms with Gasteiger partial charge >= 0.3 is 0 Å². The first kappa shape index (κ1) is 24.2. The molecule has 0 saturated carbocycles. The van der Waals surface area contributed by atoms with E-state index >= 15 is 0 Å². The smallest absolute Gasteiger partial charge is 0.273 e. The van der Waals surface area contributed by atoms with Gasteiger partial charge in [-0.25, -0.2) is 4.98 Å². The summed E-state index contributed by atoms with van der Waals surface area (Å²) in [6.45, 7) is 2.08. The lowest BCUT2D eigenvalue weighted by Gasteiger charge is -2.13. The molecule has 35 heavy (non-hydrogen) atoms. The molecule has 0 radical (unpaired) electrons. The Morgan fingerprint density at radius 3 is 2.51 bits per heavy atom. The number of carbonyl (C=O) groups is 2. The van der Waals surface area contributed by atoms with Gasteiger partial charge in [0.15, 0.2) is 0 Å². The summed E-state index contributed by atoms with van der Waals surface area (Å²) in [6, 6.07) is 22.0. The van der Waals surface area contributed by atoms with E-state index in [1.54, 1.807) is 30.3 Å². The predicted molar refractivity (Wildman–Crippen MR) is 137 cm³/mol. The molecule has 4 aromatic rings. The van der Waals surface area contributed by atoms with E-state index in [4.69, 9.17) is 11.6 Å². The Balaban J connectivity index is 1.51. The van der Waals surface area contributed by atoms with Gasteiger partial charge in [-0.05, 0) is 42.3 Å². The van der Waals surface area contributed by atoms with Crippen LogP contribution in [0.1, 0.15) is 23.2 Å². The predicted octanol–water partition coefficient (Wildman–Crippen LogP) is 4.25. The summed E-state index contributed by atoms with van der Waals surface area (Å²) in [5.41, 5.74) is 3.42. The third kappa shape index (κ3) is 6.13. The van der Waals surface area contributed by atoms with Crippen molar-refractivity contribution in [3.8, 4) is 0 Å². The zero-order valence-electron chi connectivity index (χ0n) is 19.3. The Morgan fingerprint density at radius 1 is 0.971 bits per heavy atom. The lowest BCUT2D eigenvalue weighted by atomic mass is 10.2. The van der Waals surface area contributed by atoms with Gasteiger partial charge in [0.1, 0.15) is 12.2 Å². The van der Waals surface area contributed by atoms with Crippen LogP contribution in [0.15, 0.2) is 77.6 Å². The second-order valence-corrected chi connectivity index (χ2v) is 8.64. The van der Waals surface area contributed by atoms with Crippen LogP contribution in [0.3, 0.4) is 0 Å². The minimum atomic E-state index is -0.391. The monoisotopic (exact) mass is 488 g/mol. The molecule has 0 aliphatic heterocycles. The standard InChI is InChI=1S/C27H25ClN4O3/c1-18-11-12-20(28)15-23(18)31-26(34)17-32-24-10-6-5-9-21(24)30-22(27(32)35)13-14-25(33)29-16-19-7-3-2-4-8-19/h2-12,15H,13-14,16-17H2,1H3,(H,29,33)(H,31,34). The van der Waals surface area contributed by atoms with E-state index in [0.717, 1.165) is 11.1 Å². The van der Waals surface area contributed by atoms with Crippen molar-refractivity contribution in [3.63, 3.8) is 0 Å². The van der Waals surface area contributed by atoms with E-state index in [9.17, 15) is 14.4 Å². The number of hydrogen-bond acceptors (Lipinski definition) is 4. The molecule has 178 valence electrons. The maximum Gasteiger partial charge on any atom is 0.273 e. The molecule has 0 fully saturated rings. The van der Waals surface area contributed by atoms with Gasteiger partial charge in [-0.1, -0.05) is 60.1 Å².